The van der Waals surface area contributed by atoms with Crippen LogP contribution in [0.2, 0.25) is 0 Å². The zero-order valence-corrected chi connectivity index (χ0v) is 21.5. The molecule has 2 aliphatic rings. The maximum atomic E-state index is 14.0. The van der Waals surface area contributed by atoms with Gasteiger partial charge in [0.15, 0.2) is 0 Å². The third-order valence-electron chi connectivity index (χ3n) is 6.98. The van der Waals surface area contributed by atoms with Crippen LogP contribution in [0.4, 0.5) is 0 Å². The van der Waals surface area contributed by atoms with Gasteiger partial charge in [-0.2, -0.15) is 0 Å². The van der Waals surface area contributed by atoms with E-state index in [1.165, 1.54) is 4.57 Å². The van der Waals surface area contributed by atoms with Crippen molar-refractivity contribution >= 4 is 23.4 Å². The van der Waals surface area contributed by atoms with Gasteiger partial charge in [-0.1, -0.05) is 43.2 Å². The van der Waals surface area contributed by atoms with E-state index in [0.717, 1.165) is 18.4 Å². The van der Waals surface area contributed by atoms with Crippen LogP contribution in [0.25, 0.3) is 11.3 Å². The van der Waals surface area contributed by atoms with E-state index in [4.69, 9.17) is 11.6 Å². The van der Waals surface area contributed by atoms with Gasteiger partial charge in [-0.3, -0.25) is 18.7 Å². The minimum absolute atomic E-state index is 0.143. The lowest BCUT2D eigenvalue weighted by Gasteiger charge is -2.30. The molecule has 1 aromatic carbocycles. The number of imidazole rings is 1. The second-order valence-electron chi connectivity index (χ2n) is 9.66. The molecule has 1 aliphatic heterocycles. The number of nitrogens with one attached hydrogen (secondary N) is 2. The van der Waals surface area contributed by atoms with Crippen LogP contribution in [0, 0.1) is 0 Å². The van der Waals surface area contributed by atoms with E-state index in [1.54, 1.807) is 16.4 Å². The SMILES string of the molecule is CC(Cl)CC(=O)NCCn1c(C(=O)N2CCNCC2)c(-c2ccccc2)n(C2CCCC[C@@H]2O)c1=O. The van der Waals surface area contributed by atoms with Crippen molar-refractivity contribution in [1.82, 2.24) is 24.7 Å². The molecule has 1 aliphatic carbocycles. The molecule has 2 aromatic rings. The Morgan fingerprint density at radius 2 is 1.86 bits per heavy atom. The lowest BCUT2D eigenvalue weighted by atomic mass is 9.92. The van der Waals surface area contributed by atoms with Gasteiger partial charge in [-0.25, -0.2) is 4.79 Å². The number of aliphatic hydroxyl groups is 1. The Kier molecular flexibility index (Phi) is 8.87. The summed E-state index contributed by atoms with van der Waals surface area (Å²) in [6, 6.07) is 9.02. The standard InChI is InChI=1S/C26H36ClN5O4/c1-18(27)17-22(34)29-13-16-31-24(25(35)30-14-11-28-12-15-30)23(19-7-3-2-4-8-19)32(26(31)36)20-9-5-6-10-21(20)33/h2-4,7-8,18,20-21,28,33H,5-6,9-17H2,1H3,(H,29,34)/t18?,20?,21-/m0/s1. The minimum Gasteiger partial charge on any atom is -0.391 e. The topological polar surface area (TPSA) is 109 Å². The Morgan fingerprint density at radius 3 is 2.53 bits per heavy atom. The molecule has 0 spiro atoms. The Morgan fingerprint density at radius 1 is 1.17 bits per heavy atom. The second kappa shape index (κ2) is 12.1. The van der Waals surface area contributed by atoms with E-state index in [2.05, 4.69) is 10.6 Å². The van der Waals surface area contributed by atoms with Gasteiger partial charge in [0.05, 0.1) is 17.8 Å². The van der Waals surface area contributed by atoms with Gasteiger partial charge < -0.3 is 20.6 Å². The number of hydrogen-bond donors (Lipinski definition) is 3. The van der Waals surface area contributed by atoms with Crippen molar-refractivity contribution in [3.8, 4) is 11.3 Å². The molecule has 196 valence electrons. The van der Waals surface area contributed by atoms with Crippen LogP contribution in [0.5, 0.6) is 0 Å². The van der Waals surface area contributed by atoms with Crippen molar-refractivity contribution in [3.63, 3.8) is 0 Å². The first-order valence-corrected chi connectivity index (χ1v) is 13.3. The molecule has 36 heavy (non-hydrogen) atoms. The highest BCUT2D eigenvalue weighted by molar-refractivity contribution is 6.21. The largest absolute Gasteiger partial charge is 0.391 e. The number of hydrogen-bond acceptors (Lipinski definition) is 5. The summed E-state index contributed by atoms with van der Waals surface area (Å²) in [5.74, 6) is -0.414. The normalized spacial score (nSPS) is 21.2. The van der Waals surface area contributed by atoms with Gasteiger partial charge in [0.1, 0.15) is 5.69 Å². The highest BCUT2D eigenvalue weighted by Crippen LogP contribution is 2.34. The third-order valence-corrected chi connectivity index (χ3v) is 7.13. The Hall–Kier alpha value is -2.62. The zero-order chi connectivity index (χ0) is 25.7. The van der Waals surface area contributed by atoms with Crippen LogP contribution < -0.4 is 16.3 Å². The maximum Gasteiger partial charge on any atom is 0.329 e. The van der Waals surface area contributed by atoms with Crippen molar-refractivity contribution < 1.29 is 14.7 Å². The number of carbonyl (C=O) groups is 2. The van der Waals surface area contributed by atoms with Gasteiger partial charge in [0.2, 0.25) is 5.91 Å². The molecular formula is C26H36ClN5O4. The smallest absolute Gasteiger partial charge is 0.329 e. The molecule has 4 rings (SSSR count). The van der Waals surface area contributed by atoms with Crippen molar-refractivity contribution in [1.29, 1.82) is 0 Å². The highest BCUT2D eigenvalue weighted by Gasteiger charge is 2.35. The number of halogens is 1. The van der Waals surface area contributed by atoms with Gasteiger partial charge in [0, 0.05) is 56.6 Å². The van der Waals surface area contributed by atoms with Crippen molar-refractivity contribution in [2.24, 2.45) is 0 Å². The number of aromatic nitrogens is 2. The molecule has 1 saturated carbocycles. The average Bonchev–Trinajstić information content (AvgIpc) is 3.16. The summed E-state index contributed by atoms with van der Waals surface area (Å²) in [5, 5.41) is 16.7. The van der Waals surface area contributed by atoms with E-state index in [1.807, 2.05) is 30.3 Å². The van der Waals surface area contributed by atoms with Crippen LogP contribution in [0.15, 0.2) is 35.1 Å². The van der Waals surface area contributed by atoms with Crippen molar-refractivity contribution in [2.75, 3.05) is 32.7 Å². The fourth-order valence-corrected chi connectivity index (χ4v) is 5.35. The minimum atomic E-state index is -0.665. The summed E-state index contributed by atoms with van der Waals surface area (Å²) < 4.78 is 3.12. The van der Waals surface area contributed by atoms with E-state index in [0.29, 0.717) is 50.4 Å². The predicted molar refractivity (Wildman–Crippen MR) is 139 cm³/mol. The first-order valence-electron chi connectivity index (χ1n) is 12.9. The number of benzene rings is 1. The molecule has 0 radical (unpaired) electrons. The molecule has 10 heteroatoms. The monoisotopic (exact) mass is 517 g/mol. The number of aliphatic hydroxyl groups excluding tert-OH is 1. The Bertz CT molecular complexity index is 1110. The van der Waals surface area contributed by atoms with E-state index in [-0.39, 0.29) is 42.4 Å². The number of nitrogens with zero attached hydrogens (tertiary/aromatic N) is 3. The number of alkyl halides is 1. The molecule has 3 atom stereocenters. The fraction of sp³-hybridized carbons (Fsp3) is 0.577. The summed E-state index contributed by atoms with van der Waals surface area (Å²) >= 11 is 5.94. The molecule has 3 N–H and O–H groups in total. The molecule has 1 aromatic heterocycles. The zero-order valence-electron chi connectivity index (χ0n) is 20.8. The maximum absolute atomic E-state index is 14.0. The molecule has 1 saturated heterocycles. The van der Waals surface area contributed by atoms with E-state index < -0.39 is 12.1 Å². The summed E-state index contributed by atoms with van der Waals surface area (Å²) in [7, 11) is 0. The molecule has 2 unspecified atom stereocenters. The first kappa shape index (κ1) is 26.4. The molecule has 2 amide bonds. The van der Waals surface area contributed by atoms with E-state index >= 15 is 0 Å². The Balaban J connectivity index is 1.81. The number of carbonyl (C=O) groups excluding carboxylic acids is 2. The van der Waals surface area contributed by atoms with Crippen LogP contribution in [0.3, 0.4) is 0 Å². The van der Waals surface area contributed by atoms with Crippen LogP contribution >= 0.6 is 11.6 Å². The van der Waals surface area contributed by atoms with Gasteiger partial charge in [-0.05, 0) is 19.8 Å². The lowest BCUT2D eigenvalue weighted by molar-refractivity contribution is -0.121. The summed E-state index contributed by atoms with van der Waals surface area (Å²) in [4.78, 5) is 41.9. The molecule has 2 fully saturated rings. The van der Waals surface area contributed by atoms with Gasteiger partial charge >= 0.3 is 5.69 Å². The molecule has 2 heterocycles. The fourth-order valence-electron chi connectivity index (χ4n) is 5.21. The van der Waals surface area contributed by atoms with Gasteiger partial charge in [0.25, 0.3) is 5.91 Å². The number of piperazine rings is 1. The third kappa shape index (κ3) is 5.85. The van der Waals surface area contributed by atoms with Crippen molar-refractivity contribution in [3.05, 3.63) is 46.5 Å². The summed E-state index contributed by atoms with van der Waals surface area (Å²) in [6.07, 6.45) is 2.60. The Labute approximate surface area is 216 Å². The van der Waals surface area contributed by atoms with Crippen LogP contribution in [-0.4, -0.2) is 75.2 Å². The van der Waals surface area contributed by atoms with E-state index in [9.17, 15) is 19.5 Å². The number of amides is 2. The highest BCUT2D eigenvalue weighted by atomic mass is 35.5. The van der Waals surface area contributed by atoms with Crippen LogP contribution in [0.1, 0.15) is 55.6 Å². The first-order chi connectivity index (χ1) is 17.4. The van der Waals surface area contributed by atoms with Crippen molar-refractivity contribution in [2.45, 2.75) is 63.1 Å². The lowest BCUT2D eigenvalue weighted by Crippen LogP contribution is -2.47. The summed E-state index contributed by atoms with van der Waals surface area (Å²) in [6.45, 7) is 4.54. The summed E-state index contributed by atoms with van der Waals surface area (Å²) in [5.41, 5.74) is 1.27. The molecular weight excluding hydrogens is 482 g/mol. The molecule has 9 nitrogen and oxygen atoms in total. The number of rotatable bonds is 8. The average molecular weight is 518 g/mol. The van der Waals surface area contributed by atoms with Gasteiger partial charge in [-0.15, -0.1) is 11.6 Å². The second-order valence-corrected chi connectivity index (χ2v) is 10.4. The molecule has 0 bridgehead atoms. The predicted octanol–water partition coefficient (Wildman–Crippen LogP) is 1.97. The quantitative estimate of drug-likeness (QED) is 0.464. The van der Waals surface area contributed by atoms with Crippen LogP contribution in [-0.2, 0) is 11.3 Å².